The Bertz CT molecular complexity index is 377. The maximum atomic E-state index is 4.27. The molecule has 1 aromatic rings. The van der Waals surface area contributed by atoms with Crippen LogP contribution in [0.1, 0.15) is 50.6 Å². The summed E-state index contributed by atoms with van der Waals surface area (Å²) in [7, 11) is 0. The van der Waals surface area contributed by atoms with Gasteiger partial charge < -0.3 is 10.2 Å². The number of rotatable bonds is 6. The van der Waals surface area contributed by atoms with Crippen LogP contribution in [0.5, 0.6) is 0 Å². The highest BCUT2D eigenvalue weighted by atomic mass is 32.1. The van der Waals surface area contributed by atoms with Crippen molar-refractivity contribution in [2.75, 3.05) is 26.2 Å². The van der Waals surface area contributed by atoms with E-state index in [0.717, 1.165) is 18.8 Å². The molecule has 1 aliphatic rings. The molecule has 0 radical (unpaired) electrons. The zero-order chi connectivity index (χ0) is 13.7. The molecule has 1 aliphatic heterocycles. The van der Waals surface area contributed by atoms with Gasteiger partial charge in [0, 0.05) is 12.0 Å². The third-order valence-electron chi connectivity index (χ3n) is 3.58. The predicted molar refractivity (Wildman–Crippen MR) is 80.6 cm³/mol. The van der Waals surface area contributed by atoms with Gasteiger partial charge in [0.15, 0.2) is 0 Å². The smallest absolute Gasteiger partial charge is 0.0854 e. The molecule has 108 valence electrons. The van der Waals surface area contributed by atoms with Crippen molar-refractivity contribution in [2.24, 2.45) is 0 Å². The Balaban J connectivity index is 1.67. The highest BCUT2D eigenvalue weighted by molar-refractivity contribution is 7.05. The molecule has 2 heterocycles. The lowest BCUT2D eigenvalue weighted by Gasteiger charge is -2.17. The van der Waals surface area contributed by atoms with Crippen LogP contribution < -0.4 is 5.32 Å². The first-order chi connectivity index (χ1) is 9.07. The van der Waals surface area contributed by atoms with Crippen LogP contribution in [0.4, 0.5) is 0 Å². The van der Waals surface area contributed by atoms with Crippen LogP contribution in [0.3, 0.4) is 0 Å². The van der Waals surface area contributed by atoms with E-state index in [1.165, 1.54) is 55.3 Å². The van der Waals surface area contributed by atoms with Gasteiger partial charge in [0.05, 0.1) is 10.6 Å². The van der Waals surface area contributed by atoms with E-state index >= 15 is 0 Å². The topological polar surface area (TPSA) is 41.1 Å². The maximum absolute atomic E-state index is 4.27. The molecule has 0 saturated carbocycles. The second-order valence-corrected chi connectivity index (χ2v) is 7.21. The van der Waals surface area contributed by atoms with Crippen LogP contribution in [-0.2, 0) is 12.0 Å². The molecule has 0 unspecified atom stereocenters. The molecule has 1 N–H and O–H groups in total. The second kappa shape index (κ2) is 6.77. The van der Waals surface area contributed by atoms with Crippen molar-refractivity contribution in [3.05, 3.63) is 10.6 Å². The highest BCUT2D eigenvalue weighted by Crippen LogP contribution is 2.25. The molecule has 0 amide bonds. The van der Waals surface area contributed by atoms with Crippen LogP contribution >= 0.6 is 11.5 Å². The van der Waals surface area contributed by atoms with E-state index in [4.69, 9.17) is 0 Å². The first kappa shape index (κ1) is 14.9. The van der Waals surface area contributed by atoms with Crippen LogP contribution in [0, 0.1) is 0 Å². The third kappa shape index (κ3) is 4.51. The van der Waals surface area contributed by atoms with Gasteiger partial charge in [-0.25, -0.2) is 0 Å². The van der Waals surface area contributed by atoms with E-state index in [9.17, 15) is 0 Å². The van der Waals surface area contributed by atoms with Crippen molar-refractivity contribution in [1.82, 2.24) is 19.8 Å². The molecular weight excluding hydrogens is 256 g/mol. The van der Waals surface area contributed by atoms with Gasteiger partial charge in [0.1, 0.15) is 0 Å². The largest absolute Gasteiger partial charge is 0.312 e. The molecule has 0 bridgehead atoms. The summed E-state index contributed by atoms with van der Waals surface area (Å²) in [5.41, 5.74) is 1.24. The van der Waals surface area contributed by atoms with E-state index in [2.05, 4.69) is 40.6 Å². The van der Waals surface area contributed by atoms with Gasteiger partial charge in [-0.2, -0.15) is 0 Å². The van der Waals surface area contributed by atoms with Crippen LogP contribution in [0.25, 0.3) is 0 Å². The molecule has 0 aromatic carbocycles. The van der Waals surface area contributed by atoms with Crippen LogP contribution in [-0.4, -0.2) is 40.7 Å². The average Bonchev–Trinajstić information content (AvgIpc) is 2.97. The standard InChI is InChI=1S/C14H26N4S/c1-14(2,3)13-12(19-17-16-13)11-15-7-6-10-18-8-4-5-9-18/h15H,4-11H2,1-3H3. The molecule has 2 rings (SSSR count). The summed E-state index contributed by atoms with van der Waals surface area (Å²) in [4.78, 5) is 3.85. The quantitative estimate of drug-likeness (QED) is 0.814. The van der Waals surface area contributed by atoms with Crippen molar-refractivity contribution in [1.29, 1.82) is 0 Å². The first-order valence-corrected chi connectivity index (χ1v) is 8.09. The first-order valence-electron chi connectivity index (χ1n) is 7.32. The van der Waals surface area contributed by atoms with E-state index in [1.807, 2.05) is 0 Å². The summed E-state index contributed by atoms with van der Waals surface area (Å²) in [6.07, 6.45) is 4.00. The summed E-state index contributed by atoms with van der Waals surface area (Å²) < 4.78 is 4.09. The number of likely N-dealkylation sites (tertiary alicyclic amines) is 1. The Hall–Kier alpha value is -0.520. The number of hydrogen-bond donors (Lipinski definition) is 1. The lowest BCUT2D eigenvalue weighted by molar-refractivity contribution is 0.331. The van der Waals surface area contributed by atoms with E-state index < -0.39 is 0 Å². The Morgan fingerprint density at radius 3 is 2.68 bits per heavy atom. The van der Waals surface area contributed by atoms with E-state index in [0.29, 0.717) is 0 Å². The molecule has 5 heteroatoms. The van der Waals surface area contributed by atoms with Crippen molar-refractivity contribution < 1.29 is 0 Å². The van der Waals surface area contributed by atoms with E-state index in [1.54, 1.807) is 0 Å². The zero-order valence-electron chi connectivity index (χ0n) is 12.4. The fraction of sp³-hybridized carbons (Fsp3) is 0.857. The SMILES string of the molecule is CC(C)(C)c1nnsc1CNCCCN1CCCC1. The van der Waals surface area contributed by atoms with Crippen molar-refractivity contribution in [3.63, 3.8) is 0 Å². The number of nitrogens with zero attached hydrogens (tertiary/aromatic N) is 3. The molecule has 0 aliphatic carbocycles. The Morgan fingerprint density at radius 1 is 1.26 bits per heavy atom. The lowest BCUT2D eigenvalue weighted by atomic mass is 9.91. The molecule has 0 atom stereocenters. The highest BCUT2D eigenvalue weighted by Gasteiger charge is 2.21. The Kier molecular flexibility index (Phi) is 5.30. The molecule has 1 aromatic heterocycles. The predicted octanol–water partition coefficient (Wildman–Crippen LogP) is 2.41. The monoisotopic (exact) mass is 282 g/mol. The fourth-order valence-electron chi connectivity index (χ4n) is 2.53. The van der Waals surface area contributed by atoms with Gasteiger partial charge in [0.25, 0.3) is 0 Å². The van der Waals surface area contributed by atoms with Gasteiger partial charge in [-0.05, 0) is 57.0 Å². The van der Waals surface area contributed by atoms with Gasteiger partial charge in [-0.1, -0.05) is 25.3 Å². The number of aromatic nitrogens is 2. The van der Waals surface area contributed by atoms with Gasteiger partial charge in [0.2, 0.25) is 0 Å². The molecular formula is C14H26N4S. The van der Waals surface area contributed by atoms with E-state index in [-0.39, 0.29) is 5.41 Å². The lowest BCUT2D eigenvalue weighted by Crippen LogP contribution is -2.25. The van der Waals surface area contributed by atoms with Crippen molar-refractivity contribution >= 4 is 11.5 Å². The minimum atomic E-state index is 0.0968. The van der Waals surface area contributed by atoms with Gasteiger partial charge in [-0.15, -0.1) is 5.10 Å². The molecule has 4 nitrogen and oxygen atoms in total. The molecule has 1 fully saturated rings. The molecule has 1 saturated heterocycles. The maximum Gasteiger partial charge on any atom is 0.0854 e. The van der Waals surface area contributed by atoms with Crippen molar-refractivity contribution in [2.45, 2.75) is 52.0 Å². The minimum Gasteiger partial charge on any atom is -0.312 e. The van der Waals surface area contributed by atoms with Gasteiger partial charge in [-0.3, -0.25) is 0 Å². The molecule has 0 spiro atoms. The summed E-state index contributed by atoms with van der Waals surface area (Å²) in [6.45, 7) is 12.4. The fourth-order valence-corrected chi connectivity index (χ4v) is 3.35. The summed E-state index contributed by atoms with van der Waals surface area (Å²) in [6, 6.07) is 0. The van der Waals surface area contributed by atoms with Crippen LogP contribution in [0.2, 0.25) is 0 Å². The number of nitrogens with one attached hydrogen (secondary N) is 1. The zero-order valence-corrected chi connectivity index (χ0v) is 13.2. The Labute approximate surface area is 120 Å². The third-order valence-corrected chi connectivity index (χ3v) is 4.30. The van der Waals surface area contributed by atoms with Crippen LogP contribution in [0.15, 0.2) is 0 Å². The molecule has 19 heavy (non-hydrogen) atoms. The van der Waals surface area contributed by atoms with Gasteiger partial charge >= 0.3 is 0 Å². The normalized spacial score (nSPS) is 17.2. The minimum absolute atomic E-state index is 0.0968. The van der Waals surface area contributed by atoms with Crippen molar-refractivity contribution in [3.8, 4) is 0 Å². The Morgan fingerprint density at radius 2 is 2.00 bits per heavy atom. The summed E-state index contributed by atoms with van der Waals surface area (Å²) in [5, 5.41) is 7.80. The summed E-state index contributed by atoms with van der Waals surface area (Å²) >= 11 is 1.53. The summed E-state index contributed by atoms with van der Waals surface area (Å²) in [5.74, 6) is 0. The number of hydrogen-bond acceptors (Lipinski definition) is 5. The second-order valence-electron chi connectivity index (χ2n) is 6.37. The average molecular weight is 282 g/mol.